The lowest BCUT2D eigenvalue weighted by Gasteiger charge is -2.08. The molecule has 1 heterocycles. The van der Waals surface area contributed by atoms with Crippen LogP contribution in [0.4, 0.5) is 10.1 Å². The molecule has 0 bridgehead atoms. The zero-order chi connectivity index (χ0) is 16.4. The van der Waals surface area contributed by atoms with Crippen LogP contribution in [-0.4, -0.2) is 15.7 Å². The van der Waals surface area contributed by atoms with Crippen molar-refractivity contribution in [3.63, 3.8) is 0 Å². The third-order valence-electron chi connectivity index (χ3n) is 3.29. The molecule has 0 unspecified atom stereocenters. The van der Waals surface area contributed by atoms with E-state index in [4.69, 9.17) is 0 Å². The number of fused-ring (bicyclic) bond motifs is 1. The topological polar surface area (TPSA) is 84.0 Å². The van der Waals surface area contributed by atoms with Gasteiger partial charge in [0.25, 0.3) is 11.1 Å². The first kappa shape index (κ1) is 14.7. The fourth-order valence-electron chi connectivity index (χ4n) is 2.27. The minimum absolute atomic E-state index is 0.231. The molecule has 0 saturated heterocycles. The smallest absolute Gasteiger partial charge is 0.273 e. The Morgan fingerprint density at radius 3 is 2.57 bits per heavy atom. The molecule has 0 radical (unpaired) electrons. The average Bonchev–Trinajstić information content (AvgIpc) is 2.52. The number of aromatic nitrogens is 2. The number of rotatable bonds is 3. The maximum absolute atomic E-state index is 13.1. The van der Waals surface area contributed by atoms with Gasteiger partial charge in [0.15, 0.2) is 0 Å². The Hall–Kier alpha value is -3.22. The van der Waals surface area contributed by atoms with Crippen LogP contribution in [0.2, 0.25) is 0 Å². The van der Waals surface area contributed by atoms with Crippen molar-refractivity contribution in [3.05, 3.63) is 75.1 Å². The van der Waals surface area contributed by atoms with E-state index < -0.39 is 22.8 Å². The summed E-state index contributed by atoms with van der Waals surface area (Å²) in [6.07, 6.45) is 0. The van der Waals surface area contributed by atoms with Crippen molar-refractivity contribution in [2.45, 2.75) is 6.54 Å². The lowest BCUT2D eigenvalue weighted by Crippen LogP contribution is -2.34. The Morgan fingerprint density at radius 1 is 1.09 bits per heavy atom. The molecule has 0 fully saturated rings. The Balaban J connectivity index is 1.90. The summed E-state index contributed by atoms with van der Waals surface area (Å²) in [5.74, 6) is -1.04. The van der Waals surface area contributed by atoms with Gasteiger partial charge < -0.3 is 5.32 Å². The minimum atomic E-state index is -0.552. The number of amides is 1. The molecule has 116 valence electrons. The van der Waals surface area contributed by atoms with Crippen LogP contribution in [0.15, 0.2) is 58.1 Å². The van der Waals surface area contributed by atoms with Gasteiger partial charge in [-0.3, -0.25) is 19.5 Å². The van der Waals surface area contributed by atoms with Crippen LogP contribution in [0.3, 0.4) is 0 Å². The monoisotopic (exact) mass is 313 g/mol. The molecule has 0 spiro atoms. The Morgan fingerprint density at radius 2 is 1.83 bits per heavy atom. The van der Waals surface area contributed by atoms with Crippen LogP contribution < -0.4 is 16.4 Å². The van der Waals surface area contributed by atoms with E-state index in [1.807, 2.05) is 0 Å². The lowest BCUT2D eigenvalue weighted by molar-refractivity contribution is -0.117. The summed E-state index contributed by atoms with van der Waals surface area (Å²) in [6.45, 7) is -0.380. The van der Waals surface area contributed by atoms with E-state index in [0.29, 0.717) is 0 Å². The van der Waals surface area contributed by atoms with Gasteiger partial charge in [-0.1, -0.05) is 18.2 Å². The molecule has 2 N–H and O–H groups in total. The zero-order valence-corrected chi connectivity index (χ0v) is 11.9. The first-order valence-electron chi connectivity index (χ1n) is 6.82. The second kappa shape index (κ2) is 5.88. The highest BCUT2D eigenvalue weighted by atomic mass is 19.1. The van der Waals surface area contributed by atoms with Gasteiger partial charge in [-0.2, -0.15) is 0 Å². The number of carbonyl (C=O) groups excluding carboxylic acids is 1. The van der Waals surface area contributed by atoms with Crippen molar-refractivity contribution < 1.29 is 9.18 Å². The fourth-order valence-corrected chi connectivity index (χ4v) is 2.27. The quantitative estimate of drug-likeness (QED) is 0.768. The van der Waals surface area contributed by atoms with Crippen molar-refractivity contribution in [1.29, 1.82) is 0 Å². The van der Waals surface area contributed by atoms with Crippen LogP contribution in [0, 0.1) is 5.82 Å². The first-order chi connectivity index (χ1) is 11.0. The van der Waals surface area contributed by atoms with E-state index in [0.717, 1.165) is 10.7 Å². The molecule has 23 heavy (non-hydrogen) atoms. The molecular weight excluding hydrogens is 301 g/mol. The summed E-state index contributed by atoms with van der Waals surface area (Å²) >= 11 is 0. The maximum atomic E-state index is 13.1. The number of nitrogens with zero attached hydrogens (tertiary/aromatic N) is 1. The predicted molar refractivity (Wildman–Crippen MR) is 83.9 cm³/mol. The number of halogens is 1. The molecule has 0 aliphatic heterocycles. The largest absolute Gasteiger partial charge is 0.324 e. The number of carbonyl (C=O) groups is 1. The average molecular weight is 313 g/mol. The predicted octanol–water partition coefficient (Wildman–Crippen LogP) is 1.47. The molecule has 2 aromatic carbocycles. The van der Waals surface area contributed by atoms with Gasteiger partial charge in [0.2, 0.25) is 5.91 Å². The van der Waals surface area contributed by atoms with E-state index in [2.05, 4.69) is 10.4 Å². The molecule has 0 atom stereocenters. The highest BCUT2D eigenvalue weighted by Gasteiger charge is 2.10. The van der Waals surface area contributed by atoms with Crippen molar-refractivity contribution in [2.24, 2.45) is 0 Å². The normalized spacial score (nSPS) is 10.7. The van der Waals surface area contributed by atoms with Gasteiger partial charge in [-0.05, 0) is 30.3 Å². The second-order valence-electron chi connectivity index (χ2n) is 4.94. The molecule has 1 aromatic heterocycles. The van der Waals surface area contributed by atoms with Crippen molar-refractivity contribution >= 4 is 22.4 Å². The number of nitrogens with one attached hydrogen (secondary N) is 2. The van der Waals surface area contributed by atoms with E-state index in [9.17, 15) is 18.8 Å². The number of benzene rings is 2. The Labute approximate surface area is 129 Å². The SMILES string of the molecule is O=C(Cn1[nH]c(=O)c2ccccc2c1=O)Nc1cccc(F)c1. The van der Waals surface area contributed by atoms with Crippen molar-refractivity contribution in [3.8, 4) is 0 Å². The molecule has 3 rings (SSSR count). The van der Waals surface area contributed by atoms with Crippen molar-refractivity contribution in [1.82, 2.24) is 9.78 Å². The van der Waals surface area contributed by atoms with E-state index in [1.165, 1.54) is 30.3 Å². The maximum Gasteiger partial charge on any atom is 0.273 e. The minimum Gasteiger partial charge on any atom is -0.324 e. The van der Waals surface area contributed by atoms with Gasteiger partial charge in [0.05, 0.1) is 10.8 Å². The third-order valence-corrected chi connectivity index (χ3v) is 3.29. The second-order valence-corrected chi connectivity index (χ2v) is 4.94. The Kier molecular flexibility index (Phi) is 3.76. The number of aromatic amines is 1. The molecule has 1 amide bonds. The number of hydrogen-bond acceptors (Lipinski definition) is 3. The zero-order valence-electron chi connectivity index (χ0n) is 11.9. The summed E-state index contributed by atoms with van der Waals surface area (Å²) in [5.41, 5.74) is -0.667. The molecule has 0 saturated carbocycles. The fraction of sp³-hybridized carbons (Fsp3) is 0.0625. The van der Waals surface area contributed by atoms with E-state index >= 15 is 0 Å². The summed E-state index contributed by atoms with van der Waals surface area (Å²) in [7, 11) is 0. The van der Waals surface area contributed by atoms with Crippen LogP contribution >= 0.6 is 0 Å². The highest BCUT2D eigenvalue weighted by Crippen LogP contribution is 2.09. The molecule has 0 aliphatic rings. The van der Waals surface area contributed by atoms with Gasteiger partial charge in [-0.15, -0.1) is 0 Å². The molecule has 0 aliphatic carbocycles. The highest BCUT2D eigenvalue weighted by molar-refractivity contribution is 5.90. The molecular formula is C16H12FN3O3. The number of anilines is 1. The van der Waals surface area contributed by atoms with Gasteiger partial charge in [-0.25, -0.2) is 9.07 Å². The summed E-state index contributed by atoms with van der Waals surface area (Å²) < 4.78 is 14.0. The van der Waals surface area contributed by atoms with Gasteiger partial charge >= 0.3 is 0 Å². The lowest BCUT2D eigenvalue weighted by atomic mass is 10.2. The van der Waals surface area contributed by atoms with Crippen LogP contribution in [0.25, 0.3) is 10.8 Å². The summed E-state index contributed by atoms with van der Waals surface area (Å²) in [5, 5.41) is 5.32. The standard InChI is InChI=1S/C16H12FN3O3/c17-10-4-3-5-11(8-10)18-14(21)9-20-16(23)13-7-2-1-6-12(13)15(22)19-20/h1-8H,9H2,(H,18,21)(H,19,22). The molecule has 3 aromatic rings. The van der Waals surface area contributed by atoms with E-state index in [1.54, 1.807) is 12.1 Å². The van der Waals surface area contributed by atoms with Crippen LogP contribution in [0.5, 0.6) is 0 Å². The van der Waals surface area contributed by atoms with Gasteiger partial charge in [0, 0.05) is 5.69 Å². The molecule has 6 nitrogen and oxygen atoms in total. The third kappa shape index (κ3) is 3.03. The van der Waals surface area contributed by atoms with Gasteiger partial charge in [0.1, 0.15) is 12.4 Å². The van der Waals surface area contributed by atoms with E-state index in [-0.39, 0.29) is 23.0 Å². The number of hydrogen-bond donors (Lipinski definition) is 2. The summed E-state index contributed by atoms with van der Waals surface area (Å²) in [6, 6.07) is 11.7. The van der Waals surface area contributed by atoms with Crippen molar-refractivity contribution in [2.75, 3.05) is 5.32 Å². The first-order valence-corrected chi connectivity index (χ1v) is 6.82. The molecule has 7 heteroatoms. The van der Waals surface area contributed by atoms with Crippen LogP contribution in [0.1, 0.15) is 0 Å². The van der Waals surface area contributed by atoms with Crippen LogP contribution in [-0.2, 0) is 11.3 Å². The summed E-state index contributed by atoms with van der Waals surface area (Å²) in [4.78, 5) is 36.2. The Bertz CT molecular complexity index is 1010. The number of H-pyrrole nitrogens is 1.